The van der Waals surface area contributed by atoms with Crippen molar-refractivity contribution in [1.82, 2.24) is 9.55 Å². The highest BCUT2D eigenvalue weighted by molar-refractivity contribution is 9.10. The molecule has 82 valence electrons. The number of hydrogen-bond donors (Lipinski definition) is 2. The number of imidazole rings is 1. The van der Waals surface area contributed by atoms with Gasteiger partial charge in [0.1, 0.15) is 0 Å². The van der Waals surface area contributed by atoms with Crippen molar-refractivity contribution in [3.05, 3.63) is 40.9 Å². The predicted molar refractivity (Wildman–Crippen MR) is 65.8 cm³/mol. The lowest BCUT2D eigenvalue weighted by Crippen LogP contribution is -2.30. The van der Waals surface area contributed by atoms with E-state index in [4.69, 9.17) is 10.0 Å². The van der Waals surface area contributed by atoms with E-state index in [0.29, 0.717) is 9.94 Å². The van der Waals surface area contributed by atoms with Crippen molar-refractivity contribution in [1.29, 1.82) is 0 Å². The minimum absolute atomic E-state index is 0.445. The minimum atomic E-state index is -1.46. The van der Waals surface area contributed by atoms with Gasteiger partial charge in [-0.15, -0.1) is 0 Å². The molecule has 0 saturated heterocycles. The summed E-state index contributed by atoms with van der Waals surface area (Å²) in [5.74, 6) is 0. The summed E-state index contributed by atoms with van der Waals surface area (Å²) >= 11 is 3.30. The topological polar surface area (TPSA) is 58.3 Å². The fourth-order valence-corrected chi connectivity index (χ4v) is 2.02. The van der Waals surface area contributed by atoms with Crippen molar-refractivity contribution in [2.24, 2.45) is 0 Å². The largest absolute Gasteiger partial charge is 0.489 e. The molecule has 2 aromatic rings. The van der Waals surface area contributed by atoms with Crippen LogP contribution in [-0.2, 0) is 0 Å². The summed E-state index contributed by atoms with van der Waals surface area (Å²) in [7, 11) is -1.46. The maximum Gasteiger partial charge on any atom is 0.489 e. The quantitative estimate of drug-likeness (QED) is 0.793. The molecule has 0 unspecified atom stereocenters. The van der Waals surface area contributed by atoms with Crippen LogP contribution < -0.4 is 5.46 Å². The van der Waals surface area contributed by atoms with Crippen LogP contribution in [0.1, 0.15) is 5.69 Å². The Morgan fingerprint density at radius 2 is 2.12 bits per heavy atom. The molecular weight excluding hydrogens is 271 g/mol. The third kappa shape index (κ3) is 2.19. The highest BCUT2D eigenvalue weighted by Gasteiger charge is 2.15. The zero-order valence-electron chi connectivity index (χ0n) is 8.63. The van der Waals surface area contributed by atoms with E-state index in [1.165, 1.54) is 0 Å². The van der Waals surface area contributed by atoms with E-state index >= 15 is 0 Å². The SMILES string of the molecule is Cc1cn(-c2ccc(B(O)O)c(Br)c2)cn1. The summed E-state index contributed by atoms with van der Waals surface area (Å²) in [5.41, 5.74) is 2.29. The molecule has 0 amide bonds. The number of aryl methyl sites for hydroxylation is 1. The maximum atomic E-state index is 9.08. The summed E-state index contributed by atoms with van der Waals surface area (Å²) in [6.45, 7) is 1.91. The lowest BCUT2D eigenvalue weighted by Gasteiger charge is -2.06. The van der Waals surface area contributed by atoms with Gasteiger partial charge in [0.05, 0.1) is 12.0 Å². The van der Waals surface area contributed by atoms with Crippen molar-refractivity contribution in [2.45, 2.75) is 6.92 Å². The van der Waals surface area contributed by atoms with Crippen molar-refractivity contribution in [3.8, 4) is 5.69 Å². The van der Waals surface area contributed by atoms with E-state index in [1.807, 2.05) is 23.8 Å². The molecule has 6 heteroatoms. The number of benzene rings is 1. The minimum Gasteiger partial charge on any atom is -0.423 e. The first kappa shape index (κ1) is 11.4. The van der Waals surface area contributed by atoms with E-state index in [2.05, 4.69) is 20.9 Å². The smallest absolute Gasteiger partial charge is 0.423 e. The second kappa shape index (κ2) is 4.41. The molecule has 0 bridgehead atoms. The molecule has 0 spiro atoms. The van der Waals surface area contributed by atoms with Crippen LogP contribution in [0.15, 0.2) is 35.2 Å². The summed E-state index contributed by atoms with van der Waals surface area (Å²) in [4.78, 5) is 4.13. The highest BCUT2D eigenvalue weighted by Crippen LogP contribution is 2.14. The lowest BCUT2D eigenvalue weighted by atomic mass is 9.80. The Morgan fingerprint density at radius 3 is 2.62 bits per heavy atom. The first-order valence-electron chi connectivity index (χ1n) is 4.74. The maximum absolute atomic E-state index is 9.08. The normalized spacial score (nSPS) is 10.5. The van der Waals surface area contributed by atoms with Crippen molar-refractivity contribution in [2.75, 3.05) is 0 Å². The van der Waals surface area contributed by atoms with Crippen LogP contribution in [0.5, 0.6) is 0 Å². The van der Waals surface area contributed by atoms with E-state index in [-0.39, 0.29) is 0 Å². The van der Waals surface area contributed by atoms with E-state index in [9.17, 15) is 0 Å². The van der Waals surface area contributed by atoms with Gasteiger partial charge in [0.15, 0.2) is 0 Å². The Kier molecular flexibility index (Phi) is 3.14. The van der Waals surface area contributed by atoms with Gasteiger partial charge in [0.25, 0.3) is 0 Å². The monoisotopic (exact) mass is 280 g/mol. The van der Waals surface area contributed by atoms with Crippen LogP contribution >= 0.6 is 15.9 Å². The first-order valence-corrected chi connectivity index (χ1v) is 5.54. The van der Waals surface area contributed by atoms with Crippen LogP contribution in [0, 0.1) is 6.92 Å². The Bertz CT molecular complexity index is 513. The first-order chi connectivity index (χ1) is 7.58. The third-order valence-corrected chi connectivity index (χ3v) is 2.96. The van der Waals surface area contributed by atoms with Crippen molar-refractivity contribution >= 4 is 28.5 Å². The van der Waals surface area contributed by atoms with Gasteiger partial charge in [-0.1, -0.05) is 22.0 Å². The van der Waals surface area contributed by atoms with Gasteiger partial charge in [-0.05, 0) is 24.5 Å². The fourth-order valence-electron chi connectivity index (χ4n) is 1.45. The van der Waals surface area contributed by atoms with Gasteiger partial charge >= 0.3 is 7.12 Å². The molecule has 16 heavy (non-hydrogen) atoms. The molecule has 0 atom stereocenters. The average molecular weight is 281 g/mol. The molecule has 1 aromatic heterocycles. The molecule has 2 rings (SSSR count). The standard InChI is InChI=1S/C10H10BBrN2O2/c1-7-5-14(6-13-7)8-2-3-9(11(15)16)10(12)4-8/h2-6,15-16H,1H3. The van der Waals surface area contributed by atoms with Crippen LogP contribution in [0.2, 0.25) is 0 Å². The van der Waals surface area contributed by atoms with Gasteiger partial charge in [-0.25, -0.2) is 4.98 Å². The highest BCUT2D eigenvalue weighted by atomic mass is 79.9. The van der Waals surface area contributed by atoms with Crippen LogP contribution in [0.3, 0.4) is 0 Å². The zero-order chi connectivity index (χ0) is 11.7. The van der Waals surface area contributed by atoms with Gasteiger partial charge in [-0.3, -0.25) is 0 Å². The van der Waals surface area contributed by atoms with Crippen LogP contribution in [-0.4, -0.2) is 26.7 Å². The summed E-state index contributed by atoms with van der Waals surface area (Å²) in [6.07, 6.45) is 3.61. The summed E-state index contributed by atoms with van der Waals surface area (Å²) in [6, 6.07) is 5.29. The molecule has 1 aromatic carbocycles. The Morgan fingerprint density at radius 1 is 1.38 bits per heavy atom. The number of hydrogen-bond acceptors (Lipinski definition) is 3. The molecular formula is C10H10BBrN2O2. The fraction of sp³-hybridized carbons (Fsp3) is 0.100. The van der Waals surface area contributed by atoms with Crippen LogP contribution in [0.4, 0.5) is 0 Å². The molecule has 0 radical (unpaired) electrons. The van der Waals surface area contributed by atoms with Gasteiger partial charge in [-0.2, -0.15) is 0 Å². The second-order valence-corrected chi connectivity index (χ2v) is 4.36. The van der Waals surface area contributed by atoms with Gasteiger partial charge in [0.2, 0.25) is 0 Å². The number of halogens is 1. The molecule has 2 N–H and O–H groups in total. The molecule has 0 aliphatic heterocycles. The zero-order valence-corrected chi connectivity index (χ0v) is 10.2. The number of rotatable bonds is 2. The molecule has 0 saturated carbocycles. The van der Waals surface area contributed by atoms with E-state index in [0.717, 1.165) is 11.4 Å². The molecule has 0 aliphatic carbocycles. The Balaban J connectivity index is 2.42. The van der Waals surface area contributed by atoms with Gasteiger partial charge < -0.3 is 14.6 Å². The van der Waals surface area contributed by atoms with Crippen molar-refractivity contribution in [3.63, 3.8) is 0 Å². The Hall–Kier alpha value is -1.11. The molecule has 0 aliphatic rings. The summed E-state index contributed by atoms with van der Waals surface area (Å²) in [5, 5.41) is 18.2. The predicted octanol–water partition coefficient (Wildman–Crippen LogP) is 0.623. The Labute approximate surface area is 102 Å². The van der Waals surface area contributed by atoms with E-state index < -0.39 is 7.12 Å². The lowest BCUT2D eigenvalue weighted by molar-refractivity contribution is 0.425. The molecule has 1 heterocycles. The third-order valence-electron chi connectivity index (χ3n) is 2.27. The number of aromatic nitrogens is 2. The van der Waals surface area contributed by atoms with Crippen LogP contribution in [0.25, 0.3) is 5.69 Å². The summed E-state index contributed by atoms with van der Waals surface area (Å²) < 4.78 is 2.53. The van der Waals surface area contributed by atoms with E-state index in [1.54, 1.807) is 18.5 Å². The molecule has 0 fully saturated rings. The van der Waals surface area contributed by atoms with Gasteiger partial charge in [0, 0.05) is 16.4 Å². The molecule has 4 nitrogen and oxygen atoms in total. The second-order valence-electron chi connectivity index (χ2n) is 3.50. The number of nitrogens with zero attached hydrogens (tertiary/aromatic N) is 2. The average Bonchev–Trinajstić information content (AvgIpc) is 2.64. The van der Waals surface area contributed by atoms with Crippen molar-refractivity contribution < 1.29 is 10.0 Å².